The molecule has 5 nitrogen and oxygen atoms in total. The van der Waals surface area contributed by atoms with Gasteiger partial charge in [-0.3, -0.25) is 0 Å². The third-order valence-electron chi connectivity index (χ3n) is 2.98. The first-order chi connectivity index (χ1) is 9.65. The quantitative estimate of drug-likeness (QED) is 0.902. The smallest absolute Gasteiger partial charge is 0.341 e. The van der Waals surface area contributed by atoms with Crippen molar-refractivity contribution in [1.29, 1.82) is 5.26 Å². The highest BCUT2D eigenvalue weighted by molar-refractivity contribution is 5.90. The second-order valence-electron chi connectivity index (χ2n) is 4.47. The molecule has 0 aliphatic heterocycles. The molecular formula is C15H14N2O3. The fraction of sp³-hybridized carbons (Fsp3) is 0.267. The van der Waals surface area contributed by atoms with E-state index in [4.69, 9.17) is 9.78 Å². The minimum atomic E-state index is -1.02. The molecule has 5 heteroatoms. The number of nitriles is 1. The second kappa shape index (κ2) is 6.02. The largest absolute Gasteiger partial charge is 0.477 e. The number of hydrogen-bond donors (Lipinski definition) is 1. The molecule has 0 unspecified atom stereocenters. The zero-order valence-corrected chi connectivity index (χ0v) is 11.1. The number of carbonyl (C=O) groups is 1. The van der Waals surface area contributed by atoms with E-state index in [1.165, 1.54) is 0 Å². The molecule has 0 saturated heterocycles. The van der Waals surface area contributed by atoms with Gasteiger partial charge >= 0.3 is 5.97 Å². The van der Waals surface area contributed by atoms with Crippen LogP contribution in [0, 0.1) is 11.3 Å². The predicted molar refractivity (Wildman–Crippen MR) is 71.4 cm³/mol. The third kappa shape index (κ3) is 2.86. The Balaban J connectivity index is 2.28. The van der Waals surface area contributed by atoms with E-state index in [2.05, 4.69) is 5.16 Å². The van der Waals surface area contributed by atoms with E-state index < -0.39 is 5.97 Å². The molecule has 2 rings (SSSR count). The van der Waals surface area contributed by atoms with Crippen LogP contribution in [0.1, 0.15) is 46.3 Å². The molecule has 1 N–H and O–H groups in total. The van der Waals surface area contributed by atoms with Crippen LogP contribution in [0.15, 0.2) is 28.8 Å². The van der Waals surface area contributed by atoms with Crippen molar-refractivity contribution in [3.63, 3.8) is 0 Å². The van der Waals surface area contributed by atoms with Crippen molar-refractivity contribution in [2.45, 2.75) is 26.2 Å². The molecule has 0 saturated carbocycles. The normalized spacial score (nSPS) is 10.2. The second-order valence-corrected chi connectivity index (χ2v) is 4.47. The van der Waals surface area contributed by atoms with Crippen LogP contribution in [0.3, 0.4) is 0 Å². The lowest BCUT2D eigenvalue weighted by molar-refractivity contribution is 0.0693. The molecule has 102 valence electrons. The minimum Gasteiger partial charge on any atom is -0.477 e. The molecule has 0 aliphatic carbocycles. The summed E-state index contributed by atoms with van der Waals surface area (Å²) in [6.45, 7) is 1.96. The van der Waals surface area contributed by atoms with Crippen molar-refractivity contribution in [1.82, 2.24) is 5.16 Å². The van der Waals surface area contributed by atoms with Gasteiger partial charge in [0.2, 0.25) is 0 Å². The number of carboxylic acids is 1. The molecule has 2 aromatic rings. The maximum Gasteiger partial charge on any atom is 0.341 e. The van der Waals surface area contributed by atoms with Gasteiger partial charge in [-0.15, -0.1) is 0 Å². The van der Waals surface area contributed by atoms with Crippen LogP contribution in [-0.4, -0.2) is 16.2 Å². The molecule has 0 radical (unpaired) electrons. The average Bonchev–Trinajstić information content (AvgIpc) is 2.83. The molecule has 0 aliphatic rings. The van der Waals surface area contributed by atoms with Crippen LogP contribution < -0.4 is 0 Å². The highest BCUT2D eigenvalue weighted by atomic mass is 16.5. The summed E-state index contributed by atoms with van der Waals surface area (Å²) < 4.78 is 5.17. The number of aromatic nitrogens is 1. The SMILES string of the molecule is CCCc1noc(Cc2ccc(C#N)cc2)c1C(=O)O. The lowest BCUT2D eigenvalue weighted by Crippen LogP contribution is -2.04. The van der Waals surface area contributed by atoms with Gasteiger partial charge in [-0.1, -0.05) is 30.6 Å². The van der Waals surface area contributed by atoms with E-state index in [9.17, 15) is 9.90 Å². The van der Waals surface area contributed by atoms with E-state index in [0.29, 0.717) is 29.9 Å². The third-order valence-corrected chi connectivity index (χ3v) is 2.98. The Morgan fingerprint density at radius 1 is 1.40 bits per heavy atom. The minimum absolute atomic E-state index is 0.163. The Hall–Kier alpha value is -2.61. The monoisotopic (exact) mass is 270 g/mol. The summed E-state index contributed by atoms with van der Waals surface area (Å²) in [7, 11) is 0. The molecule has 0 bridgehead atoms. The van der Waals surface area contributed by atoms with Crippen LogP contribution >= 0.6 is 0 Å². The summed E-state index contributed by atoms with van der Waals surface area (Å²) in [5.74, 6) is -0.663. The van der Waals surface area contributed by atoms with Gasteiger partial charge in [0.05, 0.1) is 17.3 Å². The van der Waals surface area contributed by atoms with Crippen LogP contribution in [0.5, 0.6) is 0 Å². The van der Waals surface area contributed by atoms with Gasteiger partial charge in [-0.05, 0) is 24.1 Å². The van der Waals surface area contributed by atoms with Gasteiger partial charge in [0.25, 0.3) is 0 Å². The first-order valence-electron chi connectivity index (χ1n) is 6.35. The summed E-state index contributed by atoms with van der Waals surface area (Å²) in [5.41, 5.74) is 2.10. The Morgan fingerprint density at radius 3 is 2.65 bits per heavy atom. The molecule has 0 atom stereocenters. The van der Waals surface area contributed by atoms with Crippen LogP contribution in [0.25, 0.3) is 0 Å². The Kier molecular flexibility index (Phi) is 4.16. The van der Waals surface area contributed by atoms with E-state index in [-0.39, 0.29) is 5.56 Å². The number of hydrogen-bond acceptors (Lipinski definition) is 4. The van der Waals surface area contributed by atoms with E-state index >= 15 is 0 Å². The van der Waals surface area contributed by atoms with Gasteiger partial charge < -0.3 is 9.63 Å². The van der Waals surface area contributed by atoms with Gasteiger partial charge in [-0.2, -0.15) is 5.26 Å². The van der Waals surface area contributed by atoms with Crippen LogP contribution in [0.2, 0.25) is 0 Å². The fourth-order valence-electron chi connectivity index (χ4n) is 2.02. The van der Waals surface area contributed by atoms with Crippen LogP contribution in [-0.2, 0) is 12.8 Å². The molecule has 20 heavy (non-hydrogen) atoms. The molecule has 1 aromatic carbocycles. The lowest BCUT2D eigenvalue weighted by atomic mass is 10.0. The molecular weight excluding hydrogens is 256 g/mol. The molecule has 0 spiro atoms. The maximum absolute atomic E-state index is 11.3. The lowest BCUT2D eigenvalue weighted by Gasteiger charge is -2.00. The van der Waals surface area contributed by atoms with Gasteiger partial charge in [0.1, 0.15) is 5.56 Å². The van der Waals surface area contributed by atoms with E-state index in [1.54, 1.807) is 24.3 Å². The van der Waals surface area contributed by atoms with Crippen molar-refractivity contribution < 1.29 is 14.4 Å². The number of rotatable bonds is 5. The first-order valence-corrected chi connectivity index (χ1v) is 6.35. The summed E-state index contributed by atoms with van der Waals surface area (Å²) in [4.78, 5) is 11.3. The van der Waals surface area contributed by atoms with Crippen molar-refractivity contribution in [2.24, 2.45) is 0 Å². The van der Waals surface area contributed by atoms with Crippen LogP contribution in [0.4, 0.5) is 0 Å². The van der Waals surface area contributed by atoms with Gasteiger partial charge in [0, 0.05) is 6.42 Å². The predicted octanol–water partition coefficient (Wildman–Crippen LogP) is 2.79. The molecule has 1 heterocycles. The summed E-state index contributed by atoms with van der Waals surface area (Å²) in [6, 6.07) is 8.99. The standard InChI is InChI=1S/C15H14N2O3/c1-2-3-12-14(15(18)19)13(20-17-12)8-10-4-6-11(9-16)7-5-10/h4-7H,2-3,8H2,1H3,(H,18,19). The topological polar surface area (TPSA) is 87.1 Å². The number of nitrogens with zero attached hydrogens (tertiary/aromatic N) is 2. The van der Waals surface area contributed by atoms with Crippen molar-refractivity contribution in [2.75, 3.05) is 0 Å². The van der Waals surface area contributed by atoms with Crippen molar-refractivity contribution in [3.05, 3.63) is 52.4 Å². The fourth-order valence-corrected chi connectivity index (χ4v) is 2.02. The number of carboxylic acid groups (broad SMARTS) is 1. The van der Waals surface area contributed by atoms with Gasteiger partial charge in [0.15, 0.2) is 5.76 Å². The number of aryl methyl sites for hydroxylation is 1. The molecule has 1 aromatic heterocycles. The number of benzene rings is 1. The summed E-state index contributed by atoms with van der Waals surface area (Å²) in [5, 5.41) is 21.9. The highest BCUT2D eigenvalue weighted by Gasteiger charge is 2.21. The average molecular weight is 270 g/mol. The Morgan fingerprint density at radius 2 is 2.10 bits per heavy atom. The first kappa shape index (κ1) is 13.8. The Bertz CT molecular complexity index is 651. The van der Waals surface area contributed by atoms with Crippen molar-refractivity contribution >= 4 is 5.97 Å². The molecule has 0 fully saturated rings. The summed E-state index contributed by atoms with van der Waals surface area (Å²) in [6.07, 6.45) is 1.74. The Labute approximate surface area is 116 Å². The molecule has 0 amide bonds. The highest BCUT2D eigenvalue weighted by Crippen LogP contribution is 2.19. The van der Waals surface area contributed by atoms with E-state index in [0.717, 1.165) is 12.0 Å². The number of aromatic carboxylic acids is 1. The van der Waals surface area contributed by atoms with E-state index in [1.807, 2.05) is 13.0 Å². The zero-order chi connectivity index (χ0) is 14.5. The van der Waals surface area contributed by atoms with Crippen molar-refractivity contribution in [3.8, 4) is 6.07 Å². The zero-order valence-electron chi connectivity index (χ0n) is 11.1. The maximum atomic E-state index is 11.3. The summed E-state index contributed by atoms with van der Waals surface area (Å²) >= 11 is 0. The van der Waals surface area contributed by atoms with Gasteiger partial charge in [-0.25, -0.2) is 4.79 Å².